The number of aromatic amines is 1. The predicted molar refractivity (Wildman–Crippen MR) is 169 cm³/mol. The van der Waals surface area contributed by atoms with Gasteiger partial charge in [0.15, 0.2) is 23.0 Å². The smallest absolute Gasteiger partial charge is 0.192 e. The molecule has 0 amide bonds. The maximum atomic E-state index is 5.90. The summed E-state index contributed by atoms with van der Waals surface area (Å²) >= 11 is 2.09. The van der Waals surface area contributed by atoms with Crippen LogP contribution in [-0.4, -0.2) is 16.5 Å². The van der Waals surface area contributed by atoms with E-state index in [4.69, 9.17) is 8.05 Å². The Morgan fingerprint density at radius 3 is 2.40 bits per heavy atom. The zero-order valence-corrected chi connectivity index (χ0v) is 25.1. The molecule has 1 aromatic heterocycles. The van der Waals surface area contributed by atoms with Crippen molar-refractivity contribution in [3.05, 3.63) is 70.5 Å². The lowest BCUT2D eigenvalue weighted by Gasteiger charge is -2.25. The van der Waals surface area contributed by atoms with Gasteiger partial charge in [0.25, 0.3) is 0 Å². The number of nitrogens with zero attached hydrogens (tertiary/aromatic N) is 1. The number of hydrogen-bond acceptors (Lipinski definition) is 3. The van der Waals surface area contributed by atoms with Crippen molar-refractivity contribution >= 4 is 34.0 Å². The molecule has 5 aliphatic rings. The molecule has 1 aliphatic heterocycles. The molecule has 2 bridgehead atoms. The molecular weight excluding hydrogens is 605 g/mol. The zero-order valence-electron chi connectivity index (χ0n) is 23.0. The van der Waals surface area contributed by atoms with Crippen molar-refractivity contribution < 1.29 is 3.07 Å². The minimum Gasteiger partial charge on any atom is -0.427 e. The summed E-state index contributed by atoms with van der Waals surface area (Å²) in [7, 11) is 0. The fourth-order valence-corrected chi connectivity index (χ4v) is 9.88. The van der Waals surface area contributed by atoms with E-state index in [1.807, 2.05) is 0 Å². The second-order valence-corrected chi connectivity index (χ2v) is 13.8. The molecule has 4 aromatic rings. The Hall–Kier alpha value is -2.38. The molecule has 204 valence electrons. The van der Waals surface area contributed by atoms with Gasteiger partial charge in [-0.1, -0.05) is 37.1 Å². The molecule has 4 nitrogen and oxygen atoms in total. The first-order valence-corrected chi connectivity index (χ1v) is 16.4. The highest BCUT2D eigenvalue weighted by Crippen LogP contribution is 2.60. The highest BCUT2D eigenvalue weighted by Gasteiger charge is 2.44. The van der Waals surface area contributed by atoms with Crippen LogP contribution >= 0.6 is 23.0 Å². The minimum atomic E-state index is 0.365. The minimum absolute atomic E-state index is 0.365. The number of aromatic nitrogens is 2. The molecule has 1 spiro atoms. The molecule has 4 aliphatic carbocycles. The lowest BCUT2D eigenvalue weighted by molar-refractivity contribution is 0.317. The summed E-state index contributed by atoms with van der Waals surface area (Å²) in [6, 6.07) is 16.8. The van der Waals surface area contributed by atoms with E-state index in [1.165, 1.54) is 98.4 Å². The van der Waals surface area contributed by atoms with Crippen LogP contribution in [0.25, 0.3) is 33.3 Å². The van der Waals surface area contributed by atoms with Crippen molar-refractivity contribution in [3.8, 4) is 28.0 Å². The monoisotopic (exact) mass is 641 g/mol. The Balaban J connectivity index is 1.17. The Morgan fingerprint density at radius 2 is 1.60 bits per heavy atom. The molecule has 3 fully saturated rings. The normalized spacial score (nSPS) is 25.8. The van der Waals surface area contributed by atoms with E-state index in [9.17, 15) is 0 Å². The number of fused-ring (bicyclic) bond motifs is 7. The number of nitrogens with one attached hydrogen (secondary N) is 2. The van der Waals surface area contributed by atoms with E-state index in [0.717, 1.165) is 29.2 Å². The molecule has 1 saturated heterocycles. The predicted octanol–water partition coefficient (Wildman–Crippen LogP) is 9.07. The van der Waals surface area contributed by atoms with E-state index in [2.05, 4.69) is 75.8 Å². The van der Waals surface area contributed by atoms with E-state index >= 15 is 0 Å². The molecule has 2 N–H and O–H groups in total. The Labute approximate surface area is 250 Å². The average Bonchev–Trinajstić information content (AvgIpc) is 3.83. The molecule has 3 unspecified atom stereocenters. The zero-order chi connectivity index (χ0) is 26.4. The largest absolute Gasteiger partial charge is 0.427 e. The van der Waals surface area contributed by atoms with Gasteiger partial charge in [0.1, 0.15) is 11.6 Å². The third kappa shape index (κ3) is 3.55. The number of hydrogen-bond donors (Lipinski definition) is 2. The maximum Gasteiger partial charge on any atom is 0.192 e. The van der Waals surface area contributed by atoms with Crippen LogP contribution in [0.15, 0.2) is 42.5 Å². The van der Waals surface area contributed by atoms with Gasteiger partial charge in [-0.05, 0) is 144 Å². The van der Waals surface area contributed by atoms with Crippen molar-refractivity contribution in [1.29, 1.82) is 0 Å². The summed E-state index contributed by atoms with van der Waals surface area (Å²) in [5.74, 6) is 3.58. The summed E-state index contributed by atoms with van der Waals surface area (Å²) in [6.45, 7) is 1.09. The van der Waals surface area contributed by atoms with Gasteiger partial charge in [-0.2, -0.15) is 0 Å². The topological polar surface area (TPSA) is 49.9 Å². The number of imidazole rings is 1. The molecule has 2 saturated carbocycles. The van der Waals surface area contributed by atoms with Crippen LogP contribution in [0.1, 0.15) is 104 Å². The van der Waals surface area contributed by atoms with Crippen LogP contribution in [0.4, 0.5) is 0 Å². The van der Waals surface area contributed by atoms with Crippen molar-refractivity contribution in [2.24, 2.45) is 5.41 Å². The standard InChI is InChI=1S/C35H36IN3O/c36-40-31-12-10-24(26-18-35(19-27(26)31)13-1-2-14-35)25-9-8-23(32-21-5-6-22(16-21)33(25)32)20-7-11-28-30(17-20)39-34(38-28)29-4-3-15-37-29/h7-12,17,21-22,29,37H,1-6,13-16,18-19H2,(H,38,39). The molecule has 2 heterocycles. The quantitative estimate of drug-likeness (QED) is 0.219. The molecule has 0 radical (unpaired) electrons. The molecule has 5 heteroatoms. The fraction of sp³-hybridized carbons (Fsp3) is 0.457. The van der Waals surface area contributed by atoms with Gasteiger partial charge >= 0.3 is 0 Å². The molecular formula is C35H36IN3O. The lowest BCUT2D eigenvalue weighted by Crippen LogP contribution is -2.15. The Kier molecular flexibility index (Phi) is 5.49. The number of halogens is 1. The van der Waals surface area contributed by atoms with Gasteiger partial charge in [-0.25, -0.2) is 4.98 Å². The summed E-state index contributed by atoms with van der Waals surface area (Å²) in [6.07, 6.45) is 14.3. The first kappa shape index (κ1) is 24.2. The Bertz CT molecular complexity index is 1660. The Morgan fingerprint density at radius 1 is 0.825 bits per heavy atom. The highest BCUT2D eigenvalue weighted by atomic mass is 127. The SMILES string of the molecule is IOc1ccc(-c2ccc(-c3ccc4nc(C5CCCN5)[nH]c4c3)c3c2C2CCC3C2)c2c1CC1(CCCC1)C2. The van der Waals surface area contributed by atoms with Gasteiger partial charge in [-0.3, -0.25) is 0 Å². The van der Waals surface area contributed by atoms with Crippen LogP contribution in [0.3, 0.4) is 0 Å². The van der Waals surface area contributed by atoms with Crippen LogP contribution in [0.2, 0.25) is 0 Å². The van der Waals surface area contributed by atoms with Gasteiger partial charge in [-0.15, -0.1) is 0 Å². The second kappa shape index (κ2) is 9.06. The van der Waals surface area contributed by atoms with E-state index < -0.39 is 0 Å². The highest BCUT2D eigenvalue weighted by molar-refractivity contribution is 14.1. The van der Waals surface area contributed by atoms with Crippen LogP contribution in [0, 0.1) is 5.41 Å². The lowest BCUT2D eigenvalue weighted by atomic mass is 9.79. The number of rotatable bonds is 4. The van der Waals surface area contributed by atoms with Crippen molar-refractivity contribution in [1.82, 2.24) is 15.3 Å². The first-order chi connectivity index (χ1) is 19.7. The van der Waals surface area contributed by atoms with Crippen molar-refractivity contribution in [2.45, 2.75) is 88.5 Å². The third-order valence-electron chi connectivity index (χ3n) is 11.3. The van der Waals surface area contributed by atoms with Crippen LogP contribution in [0.5, 0.6) is 5.75 Å². The number of benzene rings is 3. The molecule has 3 aromatic carbocycles. The van der Waals surface area contributed by atoms with E-state index in [-0.39, 0.29) is 0 Å². The maximum absolute atomic E-state index is 5.90. The van der Waals surface area contributed by atoms with Gasteiger partial charge < -0.3 is 13.4 Å². The molecule has 3 atom stereocenters. The summed E-state index contributed by atoms with van der Waals surface area (Å²) < 4.78 is 5.90. The van der Waals surface area contributed by atoms with Gasteiger partial charge in [0.05, 0.1) is 17.1 Å². The second-order valence-electron chi connectivity index (χ2n) is 13.4. The van der Waals surface area contributed by atoms with Crippen LogP contribution < -0.4 is 8.38 Å². The average molecular weight is 642 g/mol. The van der Waals surface area contributed by atoms with Crippen molar-refractivity contribution in [3.63, 3.8) is 0 Å². The fourth-order valence-electron chi connectivity index (χ4n) is 9.47. The van der Waals surface area contributed by atoms with E-state index in [1.54, 1.807) is 16.7 Å². The van der Waals surface area contributed by atoms with Crippen LogP contribution in [-0.2, 0) is 12.8 Å². The first-order valence-electron chi connectivity index (χ1n) is 15.5. The summed E-state index contributed by atoms with van der Waals surface area (Å²) in [5.41, 5.74) is 14.9. The van der Waals surface area contributed by atoms with E-state index in [0.29, 0.717) is 23.3 Å². The summed E-state index contributed by atoms with van der Waals surface area (Å²) in [4.78, 5) is 8.61. The number of H-pyrrole nitrogens is 1. The van der Waals surface area contributed by atoms with Gasteiger partial charge in [0, 0.05) is 0 Å². The molecule has 9 rings (SSSR count). The third-order valence-corrected chi connectivity index (χ3v) is 11.7. The molecule has 40 heavy (non-hydrogen) atoms. The summed E-state index contributed by atoms with van der Waals surface area (Å²) in [5, 5.41) is 3.59. The van der Waals surface area contributed by atoms with Gasteiger partial charge in [0.2, 0.25) is 0 Å². The van der Waals surface area contributed by atoms with Crippen molar-refractivity contribution in [2.75, 3.05) is 6.54 Å².